The Morgan fingerprint density at radius 1 is 0.800 bits per heavy atom. The number of benzene rings is 3. The van der Waals surface area contributed by atoms with Crippen LogP contribution in [0.1, 0.15) is 41.3 Å². The van der Waals surface area contributed by atoms with Crippen LogP contribution in [0.2, 0.25) is 0 Å². The zero-order valence-corrected chi connectivity index (χ0v) is 17.3. The normalized spacial score (nSPS) is 10.7. The fraction of sp³-hybridized carbons (Fsp3) is 0.200. The van der Waals surface area contributed by atoms with Gasteiger partial charge in [0.05, 0.1) is 0 Å². The van der Waals surface area contributed by atoms with E-state index in [0.717, 1.165) is 11.1 Å². The molecule has 3 N–H and O–H groups in total. The summed E-state index contributed by atoms with van der Waals surface area (Å²) in [7, 11) is 0. The van der Waals surface area contributed by atoms with Gasteiger partial charge in [-0.25, -0.2) is 4.79 Å². The van der Waals surface area contributed by atoms with Crippen molar-refractivity contribution < 1.29 is 9.59 Å². The van der Waals surface area contributed by atoms with Gasteiger partial charge in [-0.1, -0.05) is 66.7 Å². The van der Waals surface area contributed by atoms with E-state index in [9.17, 15) is 9.59 Å². The molecule has 0 saturated carbocycles. The van der Waals surface area contributed by atoms with Crippen LogP contribution in [0.4, 0.5) is 10.5 Å². The molecular formula is C25H27N3O2. The van der Waals surface area contributed by atoms with Crippen molar-refractivity contribution in [2.24, 2.45) is 0 Å². The van der Waals surface area contributed by atoms with E-state index >= 15 is 0 Å². The average Bonchev–Trinajstić information content (AvgIpc) is 2.75. The molecule has 5 nitrogen and oxygen atoms in total. The number of carbonyl (C=O) groups is 2. The summed E-state index contributed by atoms with van der Waals surface area (Å²) in [5, 5.41) is 8.56. The highest BCUT2D eigenvalue weighted by Crippen LogP contribution is 2.24. The maximum atomic E-state index is 12.8. The van der Waals surface area contributed by atoms with Crippen LogP contribution in [-0.2, 0) is 0 Å². The van der Waals surface area contributed by atoms with Gasteiger partial charge in [-0.15, -0.1) is 0 Å². The lowest BCUT2D eigenvalue weighted by atomic mass is 9.91. The number of hydrogen-bond acceptors (Lipinski definition) is 2. The molecule has 30 heavy (non-hydrogen) atoms. The SMILES string of the molecule is CC(C)NC(=O)Nc1cccc(C(=O)NCC(c2ccccc2)c2ccccc2)c1. The molecule has 0 aromatic heterocycles. The molecule has 5 heteroatoms. The highest BCUT2D eigenvalue weighted by molar-refractivity contribution is 5.97. The van der Waals surface area contributed by atoms with Gasteiger partial charge in [0.15, 0.2) is 0 Å². The minimum Gasteiger partial charge on any atom is -0.351 e. The highest BCUT2D eigenvalue weighted by Gasteiger charge is 2.16. The molecule has 0 heterocycles. The lowest BCUT2D eigenvalue weighted by Crippen LogP contribution is -2.34. The predicted molar refractivity (Wildman–Crippen MR) is 121 cm³/mol. The van der Waals surface area contributed by atoms with Crippen LogP contribution in [0, 0.1) is 0 Å². The van der Waals surface area contributed by atoms with Crippen molar-refractivity contribution in [3.8, 4) is 0 Å². The smallest absolute Gasteiger partial charge is 0.319 e. The van der Waals surface area contributed by atoms with Crippen LogP contribution < -0.4 is 16.0 Å². The van der Waals surface area contributed by atoms with Gasteiger partial charge in [0.2, 0.25) is 0 Å². The number of urea groups is 1. The molecule has 3 amide bonds. The topological polar surface area (TPSA) is 70.2 Å². The Morgan fingerprint density at radius 3 is 1.97 bits per heavy atom. The molecular weight excluding hydrogens is 374 g/mol. The van der Waals surface area contributed by atoms with E-state index in [4.69, 9.17) is 0 Å². The third kappa shape index (κ3) is 5.95. The maximum absolute atomic E-state index is 12.8. The second-order valence-corrected chi connectivity index (χ2v) is 7.42. The van der Waals surface area contributed by atoms with Crippen LogP contribution >= 0.6 is 0 Å². The Hall–Kier alpha value is -3.60. The second kappa shape index (κ2) is 10.3. The van der Waals surface area contributed by atoms with Crippen molar-refractivity contribution in [3.05, 3.63) is 102 Å². The average molecular weight is 402 g/mol. The van der Waals surface area contributed by atoms with Gasteiger partial charge in [0.1, 0.15) is 0 Å². The number of carbonyl (C=O) groups excluding carboxylic acids is 2. The molecule has 3 aromatic carbocycles. The minimum atomic E-state index is -0.296. The molecule has 0 aliphatic heterocycles. The van der Waals surface area contributed by atoms with Gasteiger partial charge in [-0.3, -0.25) is 4.79 Å². The fourth-order valence-electron chi connectivity index (χ4n) is 3.26. The van der Waals surface area contributed by atoms with Gasteiger partial charge < -0.3 is 16.0 Å². The Balaban J connectivity index is 1.70. The molecule has 0 bridgehead atoms. The summed E-state index contributed by atoms with van der Waals surface area (Å²) in [4.78, 5) is 24.7. The molecule has 0 atom stereocenters. The largest absolute Gasteiger partial charge is 0.351 e. The Labute approximate surface area is 177 Å². The lowest BCUT2D eigenvalue weighted by Gasteiger charge is -2.19. The first-order valence-corrected chi connectivity index (χ1v) is 10.1. The standard InChI is InChI=1S/C25H27N3O2/c1-18(2)27-25(30)28-22-15-9-14-21(16-22)24(29)26-17-23(19-10-5-3-6-11-19)20-12-7-4-8-13-20/h3-16,18,23H,17H2,1-2H3,(H,26,29)(H2,27,28,30). The van der Waals surface area contributed by atoms with Gasteiger partial charge in [-0.05, 0) is 43.2 Å². The Bertz CT molecular complexity index is 932. The van der Waals surface area contributed by atoms with Crippen LogP contribution in [-0.4, -0.2) is 24.5 Å². The summed E-state index contributed by atoms with van der Waals surface area (Å²) in [5.74, 6) is -0.130. The van der Waals surface area contributed by atoms with Gasteiger partial charge in [-0.2, -0.15) is 0 Å². The second-order valence-electron chi connectivity index (χ2n) is 7.42. The third-order valence-electron chi connectivity index (χ3n) is 4.67. The predicted octanol–water partition coefficient (Wildman–Crippen LogP) is 4.78. The molecule has 0 fully saturated rings. The van der Waals surface area contributed by atoms with Crippen LogP contribution in [0.5, 0.6) is 0 Å². The van der Waals surface area contributed by atoms with Crippen molar-refractivity contribution in [1.82, 2.24) is 10.6 Å². The molecule has 0 aliphatic carbocycles. The lowest BCUT2D eigenvalue weighted by molar-refractivity contribution is 0.0952. The van der Waals surface area contributed by atoms with E-state index < -0.39 is 0 Å². The monoisotopic (exact) mass is 401 g/mol. The maximum Gasteiger partial charge on any atom is 0.319 e. The van der Waals surface area contributed by atoms with E-state index in [0.29, 0.717) is 17.8 Å². The third-order valence-corrected chi connectivity index (χ3v) is 4.67. The van der Waals surface area contributed by atoms with Crippen molar-refractivity contribution in [2.45, 2.75) is 25.8 Å². The molecule has 0 spiro atoms. The number of amides is 3. The molecule has 0 saturated heterocycles. The summed E-state index contributed by atoms with van der Waals surface area (Å²) in [6.45, 7) is 4.25. The number of rotatable bonds is 7. The summed E-state index contributed by atoms with van der Waals surface area (Å²) < 4.78 is 0. The van der Waals surface area contributed by atoms with E-state index in [-0.39, 0.29) is 23.9 Å². The van der Waals surface area contributed by atoms with Crippen LogP contribution in [0.15, 0.2) is 84.9 Å². The summed E-state index contributed by atoms with van der Waals surface area (Å²) in [5.41, 5.74) is 3.36. The van der Waals surface area contributed by atoms with E-state index in [2.05, 4.69) is 40.2 Å². The van der Waals surface area contributed by atoms with Crippen LogP contribution in [0.3, 0.4) is 0 Å². The Kier molecular flexibility index (Phi) is 7.22. The molecule has 0 radical (unpaired) electrons. The van der Waals surface area contributed by atoms with Crippen LogP contribution in [0.25, 0.3) is 0 Å². The van der Waals surface area contributed by atoms with Gasteiger partial charge in [0.25, 0.3) is 5.91 Å². The zero-order valence-electron chi connectivity index (χ0n) is 17.3. The van der Waals surface area contributed by atoms with Crippen molar-refractivity contribution >= 4 is 17.6 Å². The molecule has 3 aromatic rings. The molecule has 0 aliphatic rings. The quantitative estimate of drug-likeness (QED) is 0.533. The van der Waals surface area contributed by atoms with E-state index in [1.807, 2.05) is 50.2 Å². The fourth-order valence-corrected chi connectivity index (χ4v) is 3.26. The van der Waals surface area contributed by atoms with Gasteiger partial charge >= 0.3 is 6.03 Å². The first kappa shape index (κ1) is 21.1. The number of anilines is 1. The van der Waals surface area contributed by atoms with Gasteiger partial charge in [0, 0.05) is 29.8 Å². The number of nitrogens with one attached hydrogen (secondary N) is 3. The minimum absolute atomic E-state index is 0.0318. The molecule has 0 unspecified atom stereocenters. The first-order valence-electron chi connectivity index (χ1n) is 10.1. The summed E-state index contributed by atoms with van der Waals surface area (Å²) >= 11 is 0. The van der Waals surface area contributed by atoms with Crippen molar-refractivity contribution in [2.75, 3.05) is 11.9 Å². The first-order chi connectivity index (χ1) is 14.5. The van der Waals surface area contributed by atoms with Crippen molar-refractivity contribution in [3.63, 3.8) is 0 Å². The van der Waals surface area contributed by atoms with Crippen molar-refractivity contribution in [1.29, 1.82) is 0 Å². The Morgan fingerprint density at radius 2 is 1.40 bits per heavy atom. The molecule has 3 rings (SSSR count). The molecule has 154 valence electrons. The summed E-state index contributed by atoms with van der Waals surface area (Å²) in [6.07, 6.45) is 0. The van der Waals surface area contributed by atoms with E-state index in [1.165, 1.54) is 0 Å². The zero-order chi connectivity index (χ0) is 21.3. The summed E-state index contributed by atoms with van der Waals surface area (Å²) in [6, 6.07) is 26.9. The highest BCUT2D eigenvalue weighted by atomic mass is 16.2. The number of hydrogen-bond donors (Lipinski definition) is 3. The van der Waals surface area contributed by atoms with E-state index in [1.54, 1.807) is 24.3 Å².